The number of benzene rings is 1. The molecule has 0 aliphatic heterocycles. The average molecular weight is 292 g/mol. The maximum atomic E-state index is 5.76. The second-order valence-corrected chi connectivity index (χ2v) is 6.65. The molecule has 2 aromatic rings. The number of hydrogen-bond acceptors (Lipinski definition) is 2. The molecule has 0 N–H and O–H groups in total. The normalized spacial score (nSPS) is 11.9. The van der Waals surface area contributed by atoms with Crippen LogP contribution in [0, 0.1) is 13.8 Å². The number of alkyl halides is 1. The molecule has 1 heterocycles. The van der Waals surface area contributed by atoms with Crippen LogP contribution in [-0.2, 0) is 17.8 Å². The number of aryl methyl sites for hydroxylation is 2. The van der Waals surface area contributed by atoms with E-state index in [0.29, 0.717) is 5.88 Å². The van der Waals surface area contributed by atoms with Gasteiger partial charge >= 0.3 is 0 Å². The highest BCUT2D eigenvalue weighted by Gasteiger charge is 2.16. The zero-order valence-electron chi connectivity index (χ0n) is 12.9. The Morgan fingerprint density at radius 2 is 1.75 bits per heavy atom. The second-order valence-electron chi connectivity index (χ2n) is 6.38. The minimum atomic E-state index is 0.174. The second kappa shape index (κ2) is 5.57. The molecule has 20 heavy (non-hydrogen) atoms. The highest BCUT2D eigenvalue weighted by Crippen LogP contribution is 2.27. The standard InChI is InChI=1S/C16H22ClN3/c1-11-6-13(16(3,4)5)7-12(2)15(11)10-20-9-14(8-17)18-19-20/h6-7,9H,8,10H2,1-5H3. The molecular formula is C16H22ClN3. The van der Waals surface area contributed by atoms with Crippen LogP contribution in [0.5, 0.6) is 0 Å². The Morgan fingerprint density at radius 1 is 1.15 bits per heavy atom. The lowest BCUT2D eigenvalue weighted by Crippen LogP contribution is -2.13. The lowest BCUT2D eigenvalue weighted by Gasteiger charge is -2.22. The summed E-state index contributed by atoms with van der Waals surface area (Å²) in [6, 6.07) is 4.56. The third-order valence-corrected chi connectivity index (χ3v) is 3.88. The van der Waals surface area contributed by atoms with Crippen molar-refractivity contribution in [2.24, 2.45) is 0 Å². The Kier molecular flexibility index (Phi) is 4.19. The van der Waals surface area contributed by atoms with Crippen LogP contribution in [0.1, 0.15) is 48.7 Å². The van der Waals surface area contributed by atoms with E-state index in [1.807, 2.05) is 10.9 Å². The van der Waals surface area contributed by atoms with Crippen molar-refractivity contribution in [3.05, 3.63) is 46.3 Å². The summed E-state index contributed by atoms with van der Waals surface area (Å²) in [6.07, 6.45) is 1.91. The maximum Gasteiger partial charge on any atom is 0.0974 e. The summed E-state index contributed by atoms with van der Waals surface area (Å²) in [5, 5.41) is 8.15. The van der Waals surface area contributed by atoms with E-state index in [1.54, 1.807) is 0 Å². The van der Waals surface area contributed by atoms with Gasteiger partial charge in [-0.25, -0.2) is 4.68 Å². The molecule has 0 atom stereocenters. The van der Waals surface area contributed by atoms with Gasteiger partial charge in [0.25, 0.3) is 0 Å². The third kappa shape index (κ3) is 3.21. The molecule has 3 nitrogen and oxygen atoms in total. The van der Waals surface area contributed by atoms with Gasteiger partial charge in [-0.3, -0.25) is 0 Å². The van der Waals surface area contributed by atoms with Gasteiger partial charge in [-0.2, -0.15) is 0 Å². The summed E-state index contributed by atoms with van der Waals surface area (Å²) in [5.41, 5.74) is 6.27. The van der Waals surface area contributed by atoms with Gasteiger partial charge in [0.15, 0.2) is 0 Å². The highest BCUT2D eigenvalue weighted by molar-refractivity contribution is 6.16. The fourth-order valence-electron chi connectivity index (χ4n) is 2.31. The first-order valence-electron chi connectivity index (χ1n) is 6.87. The van der Waals surface area contributed by atoms with Crippen LogP contribution in [-0.4, -0.2) is 15.0 Å². The van der Waals surface area contributed by atoms with Gasteiger partial charge in [0.05, 0.1) is 24.3 Å². The minimum absolute atomic E-state index is 0.174. The first-order chi connectivity index (χ1) is 9.31. The van der Waals surface area contributed by atoms with Crippen LogP contribution in [0.4, 0.5) is 0 Å². The molecule has 4 heteroatoms. The molecule has 108 valence electrons. The Balaban J connectivity index is 2.33. The number of rotatable bonds is 3. The van der Waals surface area contributed by atoms with Gasteiger partial charge in [-0.15, -0.1) is 16.7 Å². The molecule has 0 amide bonds. The molecule has 0 saturated heterocycles. The summed E-state index contributed by atoms with van der Waals surface area (Å²) < 4.78 is 1.85. The van der Waals surface area contributed by atoms with Crippen molar-refractivity contribution in [2.45, 2.75) is 52.5 Å². The van der Waals surface area contributed by atoms with Gasteiger partial charge < -0.3 is 0 Å². The number of aromatic nitrogens is 3. The molecule has 0 saturated carbocycles. The predicted octanol–water partition coefficient (Wildman–Crippen LogP) is 3.98. The van der Waals surface area contributed by atoms with Crippen molar-refractivity contribution >= 4 is 11.6 Å². The predicted molar refractivity (Wildman–Crippen MR) is 83.3 cm³/mol. The summed E-state index contributed by atoms with van der Waals surface area (Å²) in [5.74, 6) is 0.404. The van der Waals surface area contributed by atoms with E-state index in [4.69, 9.17) is 11.6 Å². The fraction of sp³-hybridized carbons (Fsp3) is 0.500. The molecule has 0 bridgehead atoms. The Bertz CT molecular complexity index is 585. The van der Waals surface area contributed by atoms with Crippen LogP contribution in [0.25, 0.3) is 0 Å². The highest BCUT2D eigenvalue weighted by atomic mass is 35.5. The fourth-order valence-corrected chi connectivity index (χ4v) is 2.44. The van der Waals surface area contributed by atoms with Crippen molar-refractivity contribution in [3.8, 4) is 0 Å². The zero-order valence-corrected chi connectivity index (χ0v) is 13.6. The molecular weight excluding hydrogens is 270 g/mol. The van der Waals surface area contributed by atoms with Crippen LogP contribution in [0.3, 0.4) is 0 Å². The van der Waals surface area contributed by atoms with Gasteiger partial charge in [0.2, 0.25) is 0 Å². The SMILES string of the molecule is Cc1cc(C(C)(C)C)cc(C)c1Cn1cc(CCl)nn1. The van der Waals surface area contributed by atoms with Crippen molar-refractivity contribution in [3.63, 3.8) is 0 Å². The third-order valence-electron chi connectivity index (χ3n) is 3.61. The van der Waals surface area contributed by atoms with E-state index in [9.17, 15) is 0 Å². The van der Waals surface area contributed by atoms with Gasteiger partial charge in [0, 0.05) is 0 Å². The molecule has 0 spiro atoms. The smallest absolute Gasteiger partial charge is 0.0974 e. The topological polar surface area (TPSA) is 30.7 Å². The van der Waals surface area contributed by atoms with E-state index in [-0.39, 0.29) is 5.41 Å². The largest absolute Gasteiger partial charge is 0.248 e. The Morgan fingerprint density at radius 3 is 2.20 bits per heavy atom. The minimum Gasteiger partial charge on any atom is -0.248 e. The summed E-state index contributed by atoms with van der Waals surface area (Å²) >= 11 is 5.76. The quantitative estimate of drug-likeness (QED) is 0.801. The van der Waals surface area contributed by atoms with Crippen LogP contribution >= 0.6 is 11.6 Å². The number of halogens is 1. The maximum absolute atomic E-state index is 5.76. The van der Waals surface area contributed by atoms with Crippen LogP contribution < -0.4 is 0 Å². The zero-order chi connectivity index (χ0) is 14.9. The van der Waals surface area contributed by atoms with Crippen molar-refractivity contribution in [1.29, 1.82) is 0 Å². The van der Waals surface area contributed by atoms with Gasteiger partial charge in [-0.05, 0) is 41.5 Å². The van der Waals surface area contributed by atoms with Gasteiger partial charge in [0.1, 0.15) is 0 Å². The molecule has 1 aromatic carbocycles. The Hall–Kier alpha value is -1.35. The van der Waals surface area contributed by atoms with E-state index in [1.165, 1.54) is 22.3 Å². The van der Waals surface area contributed by atoms with E-state index in [0.717, 1.165) is 12.2 Å². The van der Waals surface area contributed by atoms with Crippen molar-refractivity contribution < 1.29 is 0 Å². The molecule has 2 rings (SSSR count). The first-order valence-corrected chi connectivity index (χ1v) is 7.40. The lowest BCUT2D eigenvalue weighted by molar-refractivity contribution is 0.587. The van der Waals surface area contributed by atoms with E-state index < -0.39 is 0 Å². The summed E-state index contributed by atoms with van der Waals surface area (Å²) in [4.78, 5) is 0. The molecule has 1 aromatic heterocycles. The summed E-state index contributed by atoms with van der Waals surface area (Å²) in [7, 11) is 0. The molecule has 0 radical (unpaired) electrons. The van der Waals surface area contributed by atoms with E-state index >= 15 is 0 Å². The summed E-state index contributed by atoms with van der Waals surface area (Å²) in [6.45, 7) is 11.8. The number of hydrogen-bond donors (Lipinski definition) is 0. The van der Waals surface area contributed by atoms with Crippen molar-refractivity contribution in [1.82, 2.24) is 15.0 Å². The lowest BCUT2D eigenvalue weighted by atomic mass is 9.84. The average Bonchev–Trinajstić information content (AvgIpc) is 2.80. The number of nitrogens with zero attached hydrogens (tertiary/aromatic N) is 3. The van der Waals surface area contributed by atoms with Crippen LogP contribution in [0.2, 0.25) is 0 Å². The van der Waals surface area contributed by atoms with Crippen LogP contribution in [0.15, 0.2) is 18.3 Å². The molecule has 0 aliphatic rings. The van der Waals surface area contributed by atoms with Gasteiger partial charge in [-0.1, -0.05) is 38.1 Å². The molecule has 0 unspecified atom stereocenters. The first kappa shape index (κ1) is 15.0. The van der Waals surface area contributed by atoms with Crippen molar-refractivity contribution in [2.75, 3.05) is 0 Å². The monoisotopic (exact) mass is 291 g/mol. The molecule has 0 fully saturated rings. The van der Waals surface area contributed by atoms with E-state index in [2.05, 4.69) is 57.1 Å². The Labute approximate surface area is 126 Å². The molecule has 0 aliphatic carbocycles.